The van der Waals surface area contributed by atoms with Crippen molar-refractivity contribution in [3.8, 4) is 0 Å². The maximum atomic E-state index is 12.7. The lowest BCUT2D eigenvalue weighted by atomic mass is 10.1. The van der Waals surface area contributed by atoms with E-state index in [-0.39, 0.29) is 16.5 Å². The number of nitrogens with one attached hydrogen (secondary N) is 1. The van der Waals surface area contributed by atoms with Gasteiger partial charge in [0.2, 0.25) is 0 Å². The van der Waals surface area contributed by atoms with Crippen LogP contribution in [0.5, 0.6) is 0 Å². The van der Waals surface area contributed by atoms with Gasteiger partial charge in [-0.05, 0) is 50.6 Å². The van der Waals surface area contributed by atoms with Gasteiger partial charge in [0.05, 0.1) is 10.4 Å². The first-order valence-electron chi connectivity index (χ1n) is 8.09. The minimum absolute atomic E-state index is 0.160. The summed E-state index contributed by atoms with van der Waals surface area (Å²) < 4.78 is 0. The van der Waals surface area contributed by atoms with E-state index in [1.54, 1.807) is 36.1 Å². The quantitative estimate of drug-likeness (QED) is 0.786. The molecule has 6 nitrogen and oxygen atoms in total. The number of amides is 3. The summed E-state index contributed by atoms with van der Waals surface area (Å²) in [5, 5.41) is 3.47. The van der Waals surface area contributed by atoms with Crippen molar-refractivity contribution in [3.05, 3.63) is 50.9 Å². The fourth-order valence-electron chi connectivity index (χ4n) is 2.53. The van der Waals surface area contributed by atoms with E-state index in [0.29, 0.717) is 34.1 Å². The zero-order valence-electron chi connectivity index (χ0n) is 14.8. The Morgan fingerprint density at radius 1 is 1.15 bits per heavy atom. The third-order valence-electron chi connectivity index (χ3n) is 3.97. The molecule has 0 spiro atoms. The molecule has 2 rings (SSSR count). The molecular weight excluding hydrogens is 374 g/mol. The number of nitrogens with zero attached hydrogens (tertiary/aromatic N) is 1. The number of carbonyl (C=O) groups is 3. The maximum absolute atomic E-state index is 12.7. The summed E-state index contributed by atoms with van der Waals surface area (Å²) >= 11 is 6.88. The highest BCUT2D eigenvalue weighted by atomic mass is 35.5. The van der Waals surface area contributed by atoms with Crippen LogP contribution < -0.4 is 11.1 Å². The number of primary amides is 1. The number of rotatable bonds is 6. The summed E-state index contributed by atoms with van der Waals surface area (Å²) in [4.78, 5) is 39.0. The van der Waals surface area contributed by atoms with Crippen LogP contribution in [0.4, 0.5) is 5.00 Å². The molecule has 26 heavy (non-hydrogen) atoms. The Labute approximate surface area is 160 Å². The Morgan fingerprint density at radius 3 is 2.23 bits per heavy atom. The minimum Gasteiger partial charge on any atom is -0.365 e. The molecule has 0 aliphatic rings. The normalized spacial score (nSPS) is 10.5. The monoisotopic (exact) mass is 393 g/mol. The van der Waals surface area contributed by atoms with Crippen LogP contribution in [0.2, 0.25) is 5.02 Å². The van der Waals surface area contributed by atoms with Crippen molar-refractivity contribution in [2.75, 3.05) is 18.4 Å². The van der Waals surface area contributed by atoms with Gasteiger partial charge in [-0.2, -0.15) is 0 Å². The van der Waals surface area contributed by atoms with Crippen molar-refractivity contribution >= 4 is 45.7 Å². The van der Waals surface area contributed by atoms with Gasteiger partial charge in [0.15, 0.2) is 0 Å². The van der Waals surface area contributed by atoms with Crippen LogP contribution in [0.1, 0.15) is 49.8 Å². The number of anilines is 1. The van der Waals surface area contributed by atoms with Gasteiger partial charge < -0.3 is 16.0 Å². The SMILES string of the molecule is CCN(CC)C(=O)c1sc(NC(=O)c2ccc(Cl)cc2)c(C(N)=O)c1C. The first-order chi connectivity index (χ1) is 12.3. The summed E-state index contributed by atoms with van der Waals surface area (Å²) in [6.07, 6.45) is 0. The molecule has 1 aromatic carbocycles. The Bertz CT molecular complexity index is 842. The third-order valence-corrected chi connectivity index (χ3v) is 5.42. The molecule has 0 saturated heterocycles. The molecule has 1 aromatic heterocycles. The van der Waals surface area contributed by atoms with Crippen molar-refractivity contribution in [2.45, 2.75) is 20.8 Å². The van der Waals surface area contributed by atoms with Crippen molar-refractivity contribution in [3.63, 3.8) is 0 Å². The highest BCUT2D eigenvalue weighted by molar-refractivity contribution is 7.18. The molecule has 3 amide bonds. The Morgan fingerprint density at radius 2 is 1.73 bits per heavy atom. The van der Waals surface area contributed by atoms with E-state index < -0.39 is 11.8 Å². The fourth-order valence-corrected chi connectivity index (χ4v) is 3.83. The lowest BCUT2D eigenvalue weighted by molar-refractivity contribution is 0.0777. The number of benzene rings is 1. The molecule has 2 aromatic rings. The highest BCUT2D eigenvalue weighted by Crippen LogP contribution is 2.34. The lowest BCUT2D eigenvalue weighted by Crippen LogP contribution is -2.30. The van der Waals surface area contributed by atoms with Crippen LogP contribution in [0.25, 0.3) is 0 Å². The van der Waals surface area contributed by atoms with E-state index in [0.717, 1.165) is 11.3 Å². The van der Waals surface area contributed by atoms with Gasteiger partial charge in [-0.25, -0.2) is 0 Å². The maximum Gasteiger partial charge on any atom is 0.264 e. The van der Waals surface area contributed by atoms with Gasteiger partial charge in [-0.15, -0.1) is 11.3 Å². The molecule has 0 bridgehead atoms. The number of halogens is 1. The second-order valence-corrected chi connectivity index (χ2v) is 7.02. The van der Waals surface area contributed by atoms with Gasteiger partial charge >= 0.3 is 0 Å². The van der Waals surface area contributed by atoms with E-state index in [1.165, 1.54) is 0 Å². The average molecular weight is 394 g/mol. The van der Waals surface area contributed by atoms with Crippen LogP contribution in [0, 0.1) is 6.92 Å². The van der Waals surface area contributed by atoms with E-state index in [9.17, 15) is 14.4 Å². The van der Waals surface area contributed by atoms with Crippen LogP contribution in [-0.2, 0) is 0 Å². The summed E-state index contributed by atoms with van der Waals surface area (Å²) in [5.74, 6) is -1.29. The fraction of sp³-hybridized carbons (Fsp3) is 0.278. The molecule has 138 valence electrons. The number of carbonyl (C=O) groups excluding carboxylic acids is 3. The number of hydrogen-bond donors (Lipinski definition) is 2. The predicted octanol–water partition coefficient (Wildman–Crippen LogP) is 3.54. The van der Waals surface area contributed by atoms with Gasteiger partial charge in [0.1, 0.15) is 5.00 Å². The molecule has 0 radical (unpaired) electrons. The molecule has 1 heterocycles. The molecule has 0 aliphatic carbocycles. The van der Waals surface area contributed by atoms with E-state index >= 15 is 0 Å². The average Bonchev–Trinajstić information content (AvgIpc) is 2.92. The van der Waals surface area contributed by atoms with E-state index in [2.05, 4.69) is 5.32 Å². The Hall–Kier alpha value is -2.38. The van der Waals surface area contributed by atoms with Gasteiger partial charge in [-0.1, -0.05) is 11.6 Å². The van der Waals surface area contributed by atoms with Crippen molar-refractivity contribution in [1.82, 2.24) is 4.90 Å². The van der Waals surface area contributed by atoms with Crippen molar-refractivity contribution < 1.29 is 14.4 Å². The molecule has 0 aliphatic heterocycles. The molecule has 0 unspecified atom stereocenters. The highest BCUT2D eigenvalue weighted by Gasteiger charge is 2.26. The molecular formula is C18H20ClN3O3S. The number of thiophene rings is 1. The summed E-state index contributed by atoms with van der Waals surface area (Å²) in [6, 6.07) is 6.34. The number of hydrogen-bond acceptors (Lipinski definition) is 4. The minimum atomic E-state index is -0.691. The van der Waals surface area contributed by atoms with Gasteiger partial charge in [-0.3, -0.25) is 14.4 Å². The summed E-state index contributed by atoms with van der Waals surface area (Å²) in [6.45, 7) is 6.51. The first kappa shape index (κ1) is 19.9. The van der Waals surface area contributed by atoms with E-state index in [1.807, 2.05) is 13.8 Å². The third kappa shape index (κ3) is 4.05. The zero-order chi connectivity index (χ0) is 19.4. The summed E-state index contributed by atoms with van der Waals surface area (Å²) in [5.41, 5.74) is 6.50. The predicted molar refractivity (Wildman–Crippen MR) is 104 cm³/mol. The van der Waals surface area contributed by atoms with Crippen molar-refractivity contribution in [2.24, 2.45) is 5.73 Å². The zero-order valence-corrected chi connectivity index (χ0v) is 16.3. The molecule has 3 N–H and O–H groups in total. The Kier molecular flexibility index (Phi) is 6.39. The van der Waals surface area contributed by atoms with Crippen LogP contribution >= 0.6 is 22.9 Å². The van der Waals surface area contributed by atoms with Crippen LogP contribution in [-0.4, -0.2) is 35.7 Å². The molecule has 0 saturated carbocycles. The molecule has 0 atom stereocenters. The lowest BCUT2D eigenvalue weighted by Gasteiger charge is -2.17. The van der Waals surface area contributed by atoms with Gasteiger partial charge in [0.25, 0.3) is 17.7 Å². The topological polar surface area (TPSA) is 92.5 Å². The molecule has 8 heteroatoms. The largest absolute Gasteiger partial charge is 0.365 e. The van der Waals surface area contributed by atoms with E-state index in [4.69, 9.17) is 17.3 Å². The second-order valence-electron chi connectivity index (χ2n) is 5.56. The first-order valence-corrected chi connectivity index (χ1v) is 9.28. The number of nitrogens with two attached hydrogens (primary N) is 1. The van der Waals surface area contributed by atoms with Crippen molar-refractivity contribution in [1.29, 1.82) is 0 Å². The smallest absolute Gasteiger partial charge is 0.264 e. The standard InChI is InChI=1S/C18H20ClN3O3S/c1-4-22(5-2)18(25)14-10(3)13(15(20)23)17(26-14)21-16(24)11-6-8-12(19)9-7-11/h6-9H,4-5H2,1-3H3,(H2,20,23)(H,21,24). The molecule has 0 fully saturated rings. The van der Waals surface area contributed by atoms with Crippen LogP contribution in [0.3, 0.4) is 0 Å². The second kappa shape index (κ2) is 8.33. The van der Waals surface area contributed by atoms with Gasteiger partial charge in [0, 0.05) is 23.7 Å². The Balaban J connectivity index is 2.40. The summed E-state index contributed by atoms with van der Waals surface area (Å²) in [7, 11) is 0. The van der Waals surface area contributed by atoms with Crippen LogP contribution in [0.15, 0.2) is 24.3 Å².